The van der Waals surface area contributed by atoms with Crippen LogP contribution in [0.3, 0.4) is 0 Å². The summed E-state index contributed by atoms with van der Waals surface area (Å²) in [7, 11) is 0. The van der Waals surface area contributed by atoms with Crippen molar-refractivity contribution in [3.63, 3.8) is 0 Å². The quantitative estimate of drug-likeness (QED) is 0.724. The van der Waals surface area contributed by atoms with E-state index < -0.39 is 5.91 Å². The number of anilines is 2. The van der Waals surface area contributed by atoms with Crippen molar-refractivity contribution in [2.45, 2.75) is 19.3 Å². The van der Waals surface area contributed by atoms with Crippen molar-refractivity contribution in [3.05, 3.63) is 70.6 Å². The molecule has 2 amide bonds. The first kappa shape index (κ1) is 18.2. The molecule has 1 saturated heterocycles. The van der Waals surface area contributed by atoms with E-state index in [0.29, 0.717) is 23.0 Å². The molecule has 1 N–H and O–H groups in total. The van der Waals surface area contributed by atoms with Gasteiger partial charge in [0.15, 0.2) is 0 Å². The molecule has 2 aromatic carbocycles. The summed E-state index contributed by atoms with van der Waals surface area (Å²) < 4.78 is 5.58. The van der Waals surface area contributed by atoms with Gasteiger partial charge in [0.25, 0.3) is 5.91 Å². The van der Waals surface area contributed by atoms with Gasteiger partial charge in [0.2, 0.25) is 11.8 Å². The lowest BCUT2D eigenvalue weighted by atomic mass is 10.1. The summed E-state index contributed by atoms with van der Waals surface area (Å²) in [4.78, 5) is 26.4. The molecule has 8 heteroatoms. The zero-order valence-corrected chi connectivity index (χ0v) is 15.8. The number of benzene rings is 2. The summed E-state index contributed by atoms with van der Waals surface area (Å²) in [6.07, 6.45) is 0.272. The summed E-state index contributed by atoms with van der Waals surface area (Å²) in [5.41, 5.74) is 2.28. The number of carbonyl (C=O) groups is 2. The number of hydrogen-bond acceptors (Lipinski definition) is 5. The van der Waals surface area contributed by atoms with Crippen molar-refractivity contribution in [2.75, 3.05) is 16.8 Å². The second-order valence-electron chi connectivity index (χ2n) is 6.62. The third kappa shape index (κ3) is 3.61. The van der Waals surface area contributed by atoms with E-state index in [1.165, 1.54) is 0 Å². The summed E-state index contributed by atoms with van der Waals surface area (Å²) in [6, 6.07) is 14.4. The van der Waals surface area contributed by atoms with Gasteiger partial charge in [-0.1, -0.05) is 46.5 Å². The van der Waals surface area contributed by atoms with E-state index in [1.807, 2.05) is 31.2 Å². The molecule has 7 nitrogen and oxygen atoms in total. The van der Waals surface area contributed by atoms with Gasteiger partial charge >= 0.3 is 6.01 Å². The second-order valence-corrected chi connectivity index (χ2v) is 7.03. The van der Waals surface area contributed by atoms with Gasteiger partial charge in [0.1, 0.15) is 0 Å². The average molecular weight is 397 g/mol. The Morgan fingerprint density at radius 1 is 1.18 bits per heavy atom. The minimum Gasteiger partial charge on any atom is -0.407 e. The predicted octanol–water partition coefficient (Wildman–Crippen LogP) is 3.80. The molecule has 3 aromatic rings. The van der Waals surface area contributed by atoms with E-state index >= 15 is 0 Å². The van der Waals surface area contributed by atoms with Crippen LogP contribution in [0.25, 0.3) is 0 Å². The maximum absolute atomic E-state index is 12.4. The van der Waals surface area contributed by atoms with Gasteiger partial charge in [-0.25, -0.2) is 0 Å². The van der Waals surface area contributed by atoms with Gasteiger partial charge in [-0.05, 0) is 31.2 Å². The Bertz CT molecular complexity index is 1030. The summed E-state index contributed by atoms with van der Waals surface area (Å²) >= 11 is 6.02. The zero-order chi connectivity index (χ0) is 19.7. The highest BCUT2D eigenvalue weighted by molar-refractivity contribution is 6.34. The molecule has 0 spiro atoms. The molecule has 1 unspecified atom stereocenters. The fraction of sp³-hybridized carbons (Fsp3) is 0.200. The van der Waals surface area contributed by atoms with Crippen LogP contribution in [0, 0.1) is 6.92 Å². The molecule has 142 valence electrons. The van der Waals surface area contributed by atoms with Crippen LogP contribution in [0.2, 0.25) is 5.02 Å². The number of amides is 2. The molecule has 1 aliphatic rings. The topological polar surface area (TPSA) is 88.3 Å². The van der Waals surface area contributed by atoms with Crippen molar-refractivity contribution in [1.82, 2.24) is 10.2 Å². The molecule has 2 heterocycles. The van der Waals surface area contributed by atoms with Crippen LogP contribution in [0.1, 0.15) is 34.2 Å². The fourth-order valence-corrected chi connectivity index (χ4v) is 3.33. The van der Waals surface area contributed by atoms with Crippen molar-refractivity contribution < 1.29 is 14.0 Å². The van der Waals surface area contributed by atoms with E-state index in [0.717, 1.165) is 11.3 Å². The Balaban J connectivity index is 1.46. The zero-order valence-electron chi connectivity index (χ0n) is 15.1. The maximum Gasteiger partial charge on any atom is 0.322 e. The normalized spacial score (nSPS) is 16.4. The molecule has 28 heavy (non-hydrogen) atoms. The highest BCUT2D eigenvalue weighted by atomic mass is 35.5. The second kappa shape index (κ2) is 7.44. The Labute approximate surface area is 166 Å². The number of nitrogens with zero attached hydrogens (tertiary/aromatic N) is 3. The van der Waals surface area contributed by atoms with Crippen molar-refractivity contribution in [2.24, 2.45) is 0 Å². The number of rotatable bonds is 4. The van der Waals surface area contributed by atoms with Gasteiger partial charge < -0.3 is 9.32 Å². The molecular weight excluding hydrogens is 380 g/mol. The highest BCUT2D eigenvalue weighted by Gasteiger charge is 2.35. The molecule has 1 fully saturated rings. The van der Waals surface area contributed by atoms with Crippen molar-refractivity contribution in [1.29, 1.82) is 0 Å². The summed E-state index contributed by atoms with van der Waals surface area (Å²) in [5, 5.41) is 10.7. The Kier molecular flexibility index (Phi) is 4.83. The maximum atomic E-state index is 12.4. The average Bonchev–Trinajstić information content (AvgIpc) is 3.29. The summed E-state index contributed by atoms with van der Waals surface area (Å²) in [6.45, 7) is 2.44. The lowest BCUT2D eigenvalue weighted by Crippen LogP contribution is -2.24. The standard InChI is InChI=1S/C20H17ClN4O3/c1-12-6-8-14(9-7-12)25-11-13(10-17(25)26)19-23-24-20(28-19)22-18(27)15-4-2-3-5-16(15)21/h2-9,13H,10-11H2,1H3,(H,22,24,27). The summed E-state index contributed by atoms with van der Waals surface area (Å²) in [5.74, 6) is -0.358. The Hall–Kier alpha value is -3.19. The Morgan fingerprint density at radius 2 is 1.93 bits per heavy atom. The van der Waals surface area contributed by atoms with Crippen LogP contribution >= 0.6 is 11.6 Å². The fourth-order valence-electron chi connectivity index (χ4n) is 3.11. The number of nitrogens with one attached hydrogen (secondary N) is 1. The molecule has 0 radical (unpaired) electrons. The van der Waals surface area contributed by atoms with Gasteiger partial charge in [-0.15, -0.1) is 5.10 Å². The monoisotopic (exact) mass is 396 g/mol. The van der Waals surface area contributed by atoms with Gasteiger partial charge in [-0.3, -0.25) is 14.9 Å². The number of hydrogen-bond donors (Lipinski definition) is 1. The lowest BCUT2D eigenvalue weighted by molar-refractivity contribution is -0.117. The SMILES string of the molecule is Cc1ccc(N2CC(c3nnc(NC(=O)c4ccccc4Cl)o3)CC2=O)cc1. The largest absolute Gasteiger partial charge is 0.407 e. The first-order valence-electron chi connectivity index (χ1n) is 8.77. The first-order valence-corrected chi connectivity index (χ1v) is 9.15. The number of aryl methyl sites for hydroxylation is 1. The molecule has 1 atom stereocenters. The molecule has 0 bridgehead atoms. The third-order valence-electron chi connectivity index (χ3n) is 4.60. The van der Waals surface area contributed by atoms with Crippen LogP contribution in [0.15, 0.2) is 52.9 Å². The van der Waals surface area contributed by atoms with Crippen LogP contribution in [-0.2, 0) is 4.79 Å². The van der Waals surface area contributed by atoms with Gasteiger partial charge in [0.05, 0.1) is 16.5 Å². The Morgan fingerprint density at radius 3 is 2.68 bits per heavy atom. The van der Waals surface area contributed by atoms with E-state index in [2.05, 4.69) is 15.5 Å². The van der Waals surface area contributed by atoms with Crippen LogP contribution < -0.4 is 10.2 Å². The molecule has 0 aliphatic carbocycles. The third-order valence-corrected chi connectivity index (χ3v) is 4.93. The minimum atomic E-state index is -0.440. The number of aromatic nitrogens is 2. The highest BCUT2D eigenvalue weighted by Crippen LogP contribution is 2.32. The van der Waals surface area contributed by atoms with Crippen LogP contribution in [0.5, 0.6) is 0 Å². The van der Waals surface area contributed by atoms with Gasteiger partial charge in [-0.2, -0.15) is 0 Å². The molecule has 4 rings (SSSR count). The van der Waals surface area contributed by atoms with Crippen molar-refractivity contribution >= 4 is 35.1 Å². The van der Waals surface area contributed by atoms with E-state index in [9.17, 15) is 9.59 Å². The number of carbonyl (C=O) groups excluding carboxylic acids is 2. The first-order chi connectivity index (χ1) is 13.5. The van der Waals surface area contributed by atoms with E-state index in [1.54, 1.807) is 29.2 Å². The number of halogens is 1. The van der Waals surface area contributed by atoms with E-state index in [4.69, 9.17) is 16.0 Å². The van der Waals surface area contributed by atoms with E-state index in [-0.39, 0.29) is 24.3 Å². The lowest BCUT2D eigenvalue weighted by Gasteiger charge is -2.16. The smallest absolute Gasteiger partial charge is 0.322 e. The molecule has 0 saturated carbocycles. The molecule has 1 aromatic heterocycles. The molecule has 1 aliphatic heterocycles. The van der Waals surface area contributed by atoms with Gasteiger partial charge in [0, 0.05) is 18.7 Å². The van der Waals surface area contributed by atoms with Crippen LogP contribution in [0.4, 0.5) is 11.7 Å². The predicted molar refractivity (Wildman–Crippen MR) is 105 cm³/mol. The van der Waals surface area contributed by atoms with Crippen molar-refractivity contribution in [3.8, 4) is 0 Å². The molecular formula is C20H17ClN4O3. The van der Waals surface area contributed by atoms with Crippen LogP contribution in [-0.4, -0.2) is 28.6 Å². The minimum absolute atomic E-state index is 0.00583.